The molecule has 3 heteroatoms. The Morgan fingerprint density at radius 3 is 2.37 bits per heavy atom. The lowest BCUT2D eigenvalue weighted by Gasteiger charge is -2.25. The first-order valence-electron chi connectivity index (χ1n) is 6.65. The van der Waals surface area contributed by atoms with Crippen LogP contribution < -0.4 is 0 Å². The van der Waals surface area contributed by atoms with Crippen molar-refractivity contribution in [1.82, 2.24) is 9.78 Å². The van der Waals surface area contributed by atoms with Gasteiger partial charge in [-0.15, -0.1) is 0 Å². The molecule has 0 saturated carbocycles. The van der Waals surface area contributed by atoms with Gasteiger partial charge < -0.3 is 5.11 Å². The quantitative estimate of drug-likeness (QED) is 0.917. The second kappa shape index (κ2) is 5.17. The molecule has 1 heterocycles. The van der Waals surface area contributed by atoms with Crippen molar-refractivity contribution in [2.45, 2.75) is 40.3 Å². The monoisotopic (exact) mass is 258 g/mol. The Balaban J connectivity index is 2.13. The molecule has 2 aromatic rings. The molecular formula is C16H22N2O. The topological polar surface area (TPSA) is 38.0 Å². The van der Waals surface area contributed by atoms with E-state index in [4.69, 9.17) is 0 Å². The first kappa shape index (κ1) is 13.8. The van der Waals surface area contributed by atoms with Crippen LogP contribution in [0.25, 0.3) is 11.3 Å². The average molecular weight is 258 g/mol. The van der Waals surface area contributed by atoms with E-state index < -0.39 is 6.10 Å². The molecule has 0 spiro atoms. The van der Waals surface area contributed by atoms with E-state index in [0.717, 1.165) is 11.3 Å². The average Bonchev–Trinajstić information content (AvgIpc) is 2.77. The summed E-state index contributed by atoms with van der Waals surface area (Å²) in [5.74, 6) is 0. The fraction of sp³-hybridized carbons (Fsp3) is 0.438. The maximum atomic E-state index is 10.1. The zero-order valence-corrected chi connectivity index (χ0v) is 12.1. The molecule has 0 amide bonds. The number of nitrogens with zero attached hydrogens (tertiary/aromatic N) is 2. The van der Waals surface area contributed by atoms with Crippen LogP contribution in [0, 0.1) is 12.3 Å². The summed E-state index contributed by atoms with van der Waals surface area (Å²) in [6.45, 7) is 8.68. The summed E-state index contributed by atoms with van der Waals surface area (Å²) in [6.07, 6.45) is 1.52. The van der Waals surface area contributed by atoms with Gasteiger partial charge >= 0.3 is 0 Å². The van der Waals surface area contributed by atoms with Gasteiger partial charge in [-0.3, -0.25) is 4.68 Å². The van der Waals surface area contributed by atoms with E-state index in [2.05, 4.69) is 36.3 Å². The molecule has 2 rings (SSSR count). The van der Waals surface area contributed by atoms with Crippen molar-refractivity contribution in [2.75, 3.05) is 0 Å². The number of aliphatic hydroxyl groups excluding tert-OH is 1. The highest BCUT2D eigenvalue weighted by Crippen LogP contribution is 2.21. The smallest absolute Gasteiger partial charge is 0.0923 e. The summed E-state index contributed by atoms with van der Waals surface area (Å²) in [6, 6.07) is 10.3. The van der Waals surface area contributed by atoms with E-state index in [-0.39, 0.29) is 5.41 Å². The lowest BCUT2D eigenvalue weighted by atomic mass is 9.89. The minimum atomic E-state index is -0.404. The van der Waals surface area contributed by atoms with Crippen LogP contribution in [0.2, 0.25) is 0 Å². The van der Waals surface area contributed by atoms with Gasteiger partial charge in [-0.05, 0) is 18.4 Å². The summed E-state index contributed by atoms with van der Waals surface area (Å²) in [7, 11) is 0. The van der Waals surface area contributed by atoms with Gasteiger partial charge in [0.05, 0.1) is 18.3 Å². The van der Waals surface area contributed by atoms with Crippen LogP contribution in [0.4, 0.5) is 0 Å². The number of hydrogen-bond acceptors (Lipinski definition) is 2. The molecule has 1 atom stereocenters. The first-order chi connectivity index (χ1) is 8.86. The molecule has 1 N–H and O–H groups in total. The minimum Gasteiger partial charge on any atom is -0.391 e. The van der Waals surface area contributed by atoms with Gasteiger partial charge in [-0.25, -0.2) is 0 Å². The first-order valence-corrected chi connectivity index (χ1v) is 6.65. The molecule has 0 unspecified atom stereocenters. The van der Waals surface area contributed by atoms with E-state index in [1.54, 1.807) is 0 Å². The molecule has 0 saturated heterocycles. The van der Waals surface area contributed by atoms with Crippen molar-refractivity contribution in [2.24, 2.45) is 5.41 Å². The van der Waals surface area contributed by atoms with Crippen LogP contribution in [0.3, 0.4) is 0 Å². The molecule has 0 aliphatic carbocycles. The zero-order chi connectivity index (χ0) is 14.0. The normalized spacial score (nSPS) is 13.5. The van der Waals surface area contributed by atoms with Crippen molar-refractivity contribution in [3.05, 3.63) is 42.1 Å². The van der Waals surface area contributed by atoms with Crippen LogP contribution in [-0.4, -0.2) is 21.0 Å². The van der Waals surface area contributed by atoms with Gasteiger partial charge in [-0.2, -0.15) is 5.10 Å². The van der Waals surface area contributed by atoms with Crippen molar-refractivity contribution in [3.8, 4) is 11.3 Å². The minimum absolute atomic E-state index is 0.129. The predicted octanol–water partition coefficient (Wildman–Crippen LogP) is 3.27. The fourth-order valence-corrected chi connectivity index (χ4v) is 1.79. The van der Waals surface area contributed by atoms with Crippen LogP contribution in [0.5, 0.6) is 0 Å². The highest BCUT2D eigenvalue weighted by molar-refractivity contribution is 5.58. The largest absolute Gasteiger partial charge is 0.391 e. The SMILES string of the molecule is Cc1ccc(-c2ccn(C[C@@H](O)C(C)(C)C)n2)cc1. The van der Waals surface area contributed by atoms with Gasteiger partial charge in [0, 0.05) is 11.8 Å². The van der Waals surface area contributed by atoms with Crippen LogP contribution in [0.1, 0.15) is 26.3 Å². The summed E-state index contributed by atoms with van der Waals surface area (Å²) in [5.41, 5.74) is 3.16. The number of aliphatic hydroxyl groups is 1. The maximum absolute atomic E-state index is 10.1. The molecule has 102 valence electrons. The second-order valence-corrected chi connectivity index (χ2v) is 6.17. The highest BCUT2D eigenvalue weighted by Gasteiger charge is 2.22. The molecule has 0 radical (unpaired) electrons. The van der Waals surface area contributed by atoms with Gasteiger partial charge in [0.25, 0.3) is 0 Å². The zero-order valence-electron chi connectivity index (χ0n) is 12.1. The molecular weight excluding hydrogens is 236 g/mol. The molecule has 3 nitrogen and oxygen atoms in total. The highest BCUT2D eigenvalue weighted by atomic mass is 16.3. The Morgan fingerprint density at radius 2 is 1.79 bits per heavy atom. The van der Waals surface area contributed by atoms with Gasteiger partial charge in [0.1, 0.15) is 0 Å². The molecule has 19 heavy (non-hydrogen) atoms. The summed E-state index contributed by atoms with van der Waals surface area (Å²) in [4.78, 5) is 0. The molecule has 1 aromatic carbocycles. The van der Waals surface area contributed by atoms with Gasteiger partial charge in [-0.1, -0.05) is 50.6 Å². The van der Waals surface area contributed by atoms with Gasteiger partial charge in [0.15, 0.2) is 0 Å². The Kier molecular flexibility index (Phi) is 3.76. The summed E-state index contributed by atoms with van der Waals surface area (Å²) < 4.78 is 1.81. The second-order valence-electron chi connectivity index (χ2n) is 6.17. The molecule has 1 aromatic heterocycles. The lowest BCUT2D eigenvalue weighted by molar-refractivity contribution is 0.0451. The van der Waals surface area contributed by atoms with Crippen LogP contribution >= 0.6 is 0 Å². The van der Waals surface area contributed by atoms with E-state index in [1.165, 1.54) is 5.56 Å². The Morgan fingerprint density at radius 1 is 1.16 bits per heavy atom. The van der Waals surface area contributed by atoms with Crippen molar-refractivity contribution < 1.29 is 5.11 Å². The van der Waals surface area contributed by atoms with E-state index in [9.17, 15) is 5.11 Å². The maximum Gasteiger partial charge on any atom is 0.0923 e. The van der Waals surface area contributed by atoms with E-state index in [1.807, 2.05) is 37.7 Å². The molecule has 0 fully saturated rings. The van der Waals surface area contributed by atoms with Gasteiger partial charge in [0.2, 0.25) is 0 Å². The summed E-state index contributed by atoms with van der Waals surface area (Å²) >= 11 is 0. The number of benzene rings is 1. The number of rotatable bonds is 3. The number of aryl methyl sites for hydroxylation is 1. The summed E-state index contributed by atoms with van der Waals surface area (Å²) in [5, 5.41) is 14.6. The Labute approximate surface area is 114 Å². The number of hydrogen-bond donors (Lipinski definition) is 1. The molecule has 0 aliphatic heterocycles. The van der Waals surface area contributed by atoms with Crippen LogP contribution in [0.15, 0.2) is 36.5 Å². The van der Waals surface area contributed by atoms with Crippen molar-refractivity contribution in [3.63, 3.8) is 0 Å². The lowest BCUT2D eigenvalue weighted by Crippen LogP contribution is -2.30. The Hall–Kier alpha value is -1.61. The molecule has 0 bridgehead atoms. The third kappa shape index (κ3) is 3.44. The predicted molar refractivity (Wildman–Crippen MR) is 77.9 cm³/mol. The van der Waals surface area contributed by atoms with Crippen LogP contribution in [-0.2, 0) is 6.54 Å². The van der Waals surface area contributed by atoms with E-state index in [0.29, 0.717) is 6.54 Å². The molecule has 0 aliphatic rings. The Bertz CT molecular complexity index is 535. The van der Waals surface area contributed by atoms with Crippen molar-refractivity contribution >= 4 is 0 Å². The number of aromatic nitrogens is 2. The standard InChI is InChI=1S/C16H22N2O/c1-12-5-7-13(8-6-12)14-9-10-18(17-14)11-15(19)16(2,3)4/h5-10,15,19H,11H2,1-4H3/t15-/m1/s1. The van der Waals surface area contributed by atoms with Crippen molar-refractivity contribution in [1.29, 1.82) is 0 Å². The third-order valence-corrected chi connectivity index (χ3v) is 3.35. The third-order valence-electron chi connectivity index (χ3n) is 3.35. The van der Waals surface area contributed by atoms with E-state index >= 15 is 0 Å². The fourth-order valence-electron chi connectivity index (χ4n) is 1.79.